The van der Waals surface area contributed by atoms with Gasteiger partial charge in [-0.1, -0.05) is 11.3 Å². The van der Waals surface area contributed by atoms with Gasteiger partial charge < -0.3 is 9.64 Å². The van der Waals surface area contributed by atoms with Crippen LogP contribution in [-0.2, 0) is 0 Å². The Kier molecular flexibility index (Phi) is 6.22. The molecule has 0 spiro atoms. The van der Waals surface area contributed by atoms with E-state index in [0.717, 1.165) is 35.6 Å². The maximum Gasteiger partial charge on any atom is 0.573 e. The van der Waals surface area contributed by atoms with Gasteiger partial charge in [0.25, 0.3) is 5.91 Å². The number of ether oxygens (including phenoxy) is 1. The SMILES string of the molecule is CN(C)CCN(C(=O)c1ccc(F)cc1F)c1nc2ccc(OC(F)(F)F)cc2s1. The number of fused-ring (bicyclic) bond motifs is 1. The monoisotopic (exact) mass is 445 g/mol. The highest BCUT2D eigenvalue weighted by Crippen LogP contribution is 2.34. The summed E-state index contributed by atoms with van der Waals surface area (Å²) in [6.45, 7) is 0.543. The zero-order valence-corrected chi connectivity index (χ0v) is 16.7. The number of anilines is 1. The maximum absolute atomic E-state index is 14.2. The fraction of sp³-hybridized carbons (Fsp3) is 0.263. The van der Waals surface area contributed by atoms with Gasteiger partial charge in [-0.3, -0.25) is 9.69 Å². The number of benzene rings is 2. The zero-order chi connectivity index (χ0) is 22.1. The Morgan fingerprint density at radius 2 is 1.83 bits per heavy atom. The summed E-state index contributed by atoms with van der Waals surface area (Å²) in [5, 5.41) is 0.171. The molecule has 0 aliphatic heterocycles. The van der Waals surface area contributed by atoms with Crippen LogP contribution in [0.15, 0.2) is 36.4 Å². The summed E-state index contributed by atoms with van der Waals surface area (Å²) in [6.07, 6.45) is -4.84. The van der Waals surface area contributed by atoms with Crippen LogP contribution in [0.25, 0.3) is 10.2 Å². The van der Waals surface area contributed by atoms with Crippen molar-refractivity contribution in [3.8, 4) is 5.75 Å². The molecule has 0 N–H and O–H groups in total. The van der Waals surface area contributed by atoms with Crippen molar-refractivity contribution in [2.75, 3.05) is 32.1 Å². The lowest BCUT2D eigenvalue weighted by Gasteiger charge is -2.22. The molecule has 0 atom stereocenters. The first kappa shape index (κ1) is 21.9. The second-order valence-corrected chi connectivity index (χ2v) is 7.57. The smallest absolute Gasteiger partial charge is 0.406 e. The van der Waals surface area contributed by atoms with Gasteiger partial charge in [-0.15, -0.1) is 13.2 Å². The Bertz CT molecular complexity index is 1070. The van der Waals surface area contributed by atoms with Gasteiger partial charge in [0.1, 0.15) is 17.4 Å². The van der Waals surface area contributed by atoms with Crippen molar-refractivity contribution in [2.24, 2.45) is 0 Å². The predicted octanol–water partition coefficient (Wildman–Crippen LogP) is 4.68. The number of halogens is 5. The molecule has 30 heavy (non-hydrogen) atoms. The number of hydrogen-bond donors (Lipinski definition) is 0. The number of likely N-dealkylation sites (N-methyl/N-ethyl adjacent to an activating group) is 1. The Labute approximate surface area is 172 Å². The second-order valence-electron chi connectivity index (χ2n) is 6.56. The Morgan fingerprint density at radius 1 is 1.10 bits per heavy atom. The summed E-state index contributed by atoms with van der Waals surface area (Å²) in [5.41, 5.74) is 0.0160. The summed E-state index contributed by atoms with van der Waals surface area (Å²) in [4.78, 5) is 20.3. The molecular formula is C19H16F5N3O2S. The van der Waals surface area contributed by atoms with E-state index in [1.54, 1.807) is 19.0 Å². The number of hydrogen-bond acceptors (Lipinski definition) is 5. The molecule has 1 heterocycles. The number of aromatic nitrogens is 1. The van der Waals surface area contributed by atoms with E-state index in [1.807, 2.05) is 0 Å². The normalized spacial score (nSPS) is 11.9. The van der Waals surface area contributed by atoms with E-state index in [0.29, 0.717) is 22.8 Å². The summed E-state index contributed by atoms with van der Waals surface area (Å²) < 4.78 is 69.0. The first-order valence-electron chi connectivity index (χ1n) is 8.61. The van der Waals surface area contributed by atoms with Crippen molar-refractivity contribution in [2.45, 2.75) is 6.36 Å². The molecular weight excluding hydrogens is 429 g/mol. The van der Waals surface area contributed by atoms with E-state index in [4.69, 9.17) is 0 Å². The third-order valence-electron chi connectivity index (χ3n) is 3.99. The van der Waals surface area contributed by atoms with Gasteiger partial charge in [0.05, 0.1) is 15.8 Å². The highest BCUT2D eigenvalue weighted by atomic mass is 32.1. The summed E-state index contributed by atoms with van der Waals surface area (Å²) in [7, 11) is 3.56. The first-order valence-corrected chi connectivity index (χ1v) is 9.43. The van der Waals surface area contributed by atoms with Crippen molar-refractivity contribution < 1.29 is 31.5 Å². The zero-order valence-electron chi connectivity index (χ0n) is 15.8. The van der Waals surface area contributed by atoms with Crippen molar-refractivity contribution in [1.82, 2.24) is 9.88 Å². The molecule has 5 nitrogen and oxygen atoms in total. The standard InChI is InChI=1S/C19H16F5N3O2S/c1-26(2)7-8-27(17(28)13-5-3-11(20)9-14(13)21)18-25-15-6-4-12(10-16(15)30-18)29-19(22,23)24/h3-6,9-10H,7-8H2,1-2H3. The van der Waals surface area contributed by atoms with Crippen LogP contribution in [0.1, 0.15) is 10.4 Å². The van der Waals surface area contributed by atoms with Crippen molar-refractivity contribution in [3.05, 3.63) is 53.6 Å². The number of alkyl halides is 3. The van der Waals surface area contributed by atoms with Crippen molar-refractivity contribution >= 4 is 32.6 Å². The highest BCUT2D eigenvalue weighted by Gasteiger charge is 2.31. The topological polar surface area (TPSA) is 45.7 Å². The number of carbonyl (C=O) groups is 1. The van der Waals surface area contributed by atoms with Gasteiger partial charge in [0.2, 0.25) is 0 Å². The Balaban J connectivity index is 1.98. The molecule has 0 aliphatic carbocycles. The van der Waals surface area contributed by atoms with E-state index in [2.05, 4.69) is 9.72 Å². The minimum atomic E-state index is -4.84. The molecule has 11 heteroatoms. The Morgan fingerprint density at radius 3 is 2.47 bits per heavy atom. The highest BCUT2D eigenvalue weighted by molar-refractivity contribution is 7.22. The van der Waals surface area contributed by atoms with Gasteiger partial charge in [0, 0.05) is 25.2 Å². The average Bonchev–Trinajstić information content (AvgIpc) is 3.02. The average molecular weight is 445 g/mol. The van der Waals surface area contributed by atoms with Gasteiger partial charge in [-0.25, -0.2) is 13.8 Å². The largest absolute Gasteiger partial charge is 0.573 e. The van der Waals surface area contributed by atoms with Crippen molar-refractivity contribution in [3.63, 3.8) is 0 Å². The van der Waals surface area contributed by atoms with Gasteiger partial charge in [-0.05, 0) is 38.4 Å². The van der Waals surface area contributed by atoms with Crippen LogP contribution in [0.4, 0.5) is 27.1 Å². The van der Waals surface area contributed by atoms with Crippen molar-refractivity contribution in [1.29, 1.82) is 0 Å². The van der Waals surface area contributed by atoms with Crippen LogP contribution < -0.4 is 9.64 Å². The molecule has 1 aromatic heterocycles. The first-order chi connectivity index (χ1) is 14.0. The lowest BCUT2D eigenvalue weighted by molar-refractivity contribution is -0.274. The molecule has 0 saturated heterocycles. The number of nitrogens with zero attached hydrogens (tertiary/aromatic N) is 3. The molecule has 0 unspecified atom stereocenters. The number of rotatable bonds is 6. The Hall–Kier alpha value is -2.79. The van der Waals surface area contributed by atoms with E-state index in [9.17, 15) is 26.7 Å². The fourth-order valence-electron chi connectivity index (χ4n) is 2.60. The predicted molar refractivity (Wildman–Crippen MR) is 103 cm³/mol. The molecule has 3 rings (SSSR count). The molecule has 0 fully saturated rings. The van der Waals surface area contributed by atoms with Crippen LogP contribution in [-0.4, -0.2) is 49.3 Å². The molecule has 0 aliphatic rings. The van der Waals surface area contributed by atoms with E-state index in [-0.39, 0.29) is 17.2 Å². The molecule has 0 saturated carbocycles. The lowest BCUT2D eigenvalue weighted by Crippen LogP contribution is -2.37. The van der Waals surface area contributed by atoms with E-state index in [1.165, 1.54) is 11.0 Å². The number of amides is 1. The number of thiazole rings is 1. The van der Waals surface area contributed by atoms with Crippen LogP contribution in [0.2, 0.25) is 0 Å². The molecule has 0 bridgehead atoms. The van der Waals surface area contributed by atoms with Crippen LogP contribution in [0.5, 0.6) is 5.75 Å². The second kappa shape index (κ2) is 8.52. The summed E-state index contributed by atoms with van der Waals surface area (Å²) in [6, 6.07) is 6.24. The number of carbonyl (C=O) groups excluding carboxylic acids is 1. The molecule has 3 aromatic rings. The minimum absolute atomic E-state index is 0.133. The van der Waals surface area contributed by atoms with Gasteiger partial charge in [0.15, 0.2) is 5.13 Å². The molecule has 0 radical (unpaired) electrons. The molecule has 2 aromatic carbocycles. The van der Waals surface area contributed by atoms with Crippen LogP contribution in [0.3, 0.4) is 0 Å². The third-order valence-corrected chi connectivity index (χ3v) is 5.03. The summed E-state index contributed by atoms with van der Waals surface area (Å²) in [5.74, 6) is -2.99. The van der Waals surface area contributed by atoms with Gasteiger partial charge >= 0.3 is 6.36 Å². The molecule has 1 amide bonds. The minimum Gasteiger partial charge on any atom is -0.406 e. The van der Waals surface area contributed by atoms with E-state index >= 15 is 0 Å². The van der Waals surface area contributed by atoms with Crippen LogP contribution in [0, 0.1) is 11.6 Å². The lowest BCUT2D eigenvalue weighted by atomic mass is 10.2. The van der Waals surface area contributed by atoms with Crippen LogP contribution >= 0.6 is 11.3 Å². The third kappa shape index (κ3) is 5.22. The van der Waals surface area contributed by atoms with Gasteiger partial charge in [-0.2, -0.15) is 0 Å². The summed E-state index contributed by atoms with van der Waals surface area (Å²) >= 11 is 0.961. The quantitative estimate of drug-likeness (QED) is 0.517. The maximum atomic E-state index is 14.2. The molecule has 160 valence electrons. The fourth-order valence-corrected chi connectivity index (χ4v) is 3.62. The van der Waals surface area contributed by atoms with E-state index < -0.39 is 29.7 Å².